The topological polar surface area (TPSA) is 80.0 Å². The van der Waals surface area contributed by atoms with Gasteiger partial charge in [-0.3, -0.25) is 20.6 Å². The summed E-state index contributed by atoms with van der Waals surface area (Å²) >= 11 is 5.72. The quantitative estimate of drug-likeness (QED) is 0.427. The lowest BCUT2D eigenvalue weighted by atomic mass is 10.5. The van der Waals surface area contributed by atoms with Crippen molar-refractivity contribution in [3.8, 4) is 0 Å². The Balaban J connectivity index is 2.45. The number of amides is 1. The second kappa shape index (κ2) is 3.98. The fourth-order valence-electron chi connectivity index (χ4n) is 0.508. The third-order valence-electron chi connectivity index (χ3n) is 0.955. The lowest BCUT2D eigenvalue weighted by Crippen LogP contribution is -2.44. The fraction of sp³-hybridized carbons (Fsp3) is 0. The molecule has 0 atom stereocenters. The maximum atomic E-state index is 11.1. The number of hydrazine groups is 1. The van der Waals surface area contributed by atoms with E-state index in [1.54, 1.807) is 5.51 Å². The molecule has 4 N–H and O–H groups in total. The molecule has 5 nitrogen and oxygen atoms in total. The van der Waals surface area contributed by atoms with E-state index in [1.807, 2.05) is 0 Å². The second-order valence-electron chi connectivity index (χ2n) is 1.81. The minimum absolute atomic E-state index is 0.0212. The first-order valence-corrected chi connectivity index (χ1v) is 4.23. The summed E-state index contributed by atoms with van der Waals surface area (Å²) in [5.41, 5.74) is 11.3. The fourth-order valence-corrected chi connectivity index (χ4v) is 1.07. The van der Waals surface area contributed by atoms with Crippen molar-refractivity contribution in [2.45, 2.75) is 0 Å². The molecule has 0 radical (unpaired) electrons. The number of carbonyl (C=O) groups is 1. The number of rotatable bonds is 1. The van der Waals surface area contributed by atoms with Gasteiger partial charge in [0.05, 0.1) is 11.7 Å². The highest BCUT2D eigenvalue weighted by Gasteiger charge is 2.05. The Morgan fingerprint density at radius 1 is 1.67 bits per heavy atom. The molecule has 0 spiro atoms. The van der Waals surface area contributed by atoms with Crippen LogP contribution in [0.1, 0.15) is 9.67 Å². The third-order valence-corrected chi connectivity index (χ3v) is 1.83. The van der Waals surface area contributed by atoms with E-state index in [0.29, 0.717) is 4.88 Å². The van der Waals surface area contributed by atoms with Crippen molar-refractivity contribution in [3.05, 3.63) is 16.6 Å². The van der Waals surface area contributed by atoms with Crippen LogP contribution in [0.5, 0.6) is 0 Å². The molecule has 0 saturated heterocycles. The number of nitrogens with zero attached hydrogens (tertiary/aromatic N) is 1. The summed E-state index contributed by atoms with van der Waals surface area (Å²) in [7, 11) is 0. The third kappa shape index (κ3) is 2.44. The summed E-state index contributed by atoms with van der Waals surface area (Å²) < 4.78 is 0. The van der Waals surface area contributed by atoms with Crippen LogP contribution in [-0.2, 0) is 0 Å². The summed E-state index contributed by atoms with van der Waals surface area (Å²) in [5.74, 6) is -0.301. The van der Waals surface area contributed by atoms with E-state index in [0.717, 1.165) is 0 Å². The minimum atomic E-state index is -0.301. The van der Waals surface area contributed by atoms with Crippen LogP contribution >= 0.6 is 23.6 Å². The lowest BCUT2D eigenvalue weighted by molar-refractivity contribution is 0.0948. The summed E-state index contributed by atoms with van der Waals surface area (Å²) in [6.07, 6.45) is 1.46. The van der Waals surface area contributed by atoms with E-state index >= 15 is 0 Å². The number of nitrogens with two attached hydrogens (primary N) is 1. The van der Waals surface area contributed by atoms with Gasteiger partial charge in [-0.15, -0.1) is 11.3 Å². The first-order chi connectivity index (χ1) is 5.70. The SMILES string of the molecule is NC(=S)NNC(=O)c1cncs1. The van der Waals surface area contributed by atoms with E-state index in [9.17, 15) is 4.79 Å². The summed E-state index contributed by atoms with van der Waals surface area (Å²) in [6, 6.07) is 0. The van der Waals surface area contributed by atoms with Gasteiger partial charge in [-0.2, -0.15) is 0 Å². The molecule has 0 aliphatic rings. The molecule has 0 fully saturated rings. The zero-order valence-electron chi connectivity index (χ0n) is 5.90. The molecule has 0 aromatic carbocycles. The number of hydrogen-bond acceptors (Lipinski definition) is 4. The predicted molar refractivity (Wildman–Crippen MR) is 49.5 cm³/mol. The molecule has 1 rings (SSSR count). The molecule has 1 aromatic rings. The van der Waals surface area contributed by atoms with Crippen molar-refractivity contribution in [1.29, 1.82) is 0 Å². The number of thiocarbonyl (C=S) groups is 1. The van der Waals surface area contributed by atoms with E-state index in [4.69, 9.17) is 5.73 Å². The van der Waals surface area contributed by atoms with Crippen molar-refractivity contribution in [2.75, 3.05) is 0 Å². The summed E-state index contributed by atoms with van der Waals surface area (Å²) in [6.45, 7) is 0. The monoisotopic (exact) mass is 202 g/mol. The smallest absolute Gasteiger partial charge is 0.281 e. The Morgan fingerprint density at radius 2 is 2.42 bits per heavy atom. The molecular weight excluding hydrogens is 196 g/mol. The molecule has 12 heavy (non-hydrogen) atoms. The van der Waals surface area contributed by atoms with Crippen molar-refractivity contribution in [1.82, 2.24) is 15.8 Å². The van der Waals surface area contributed by atoms with E-state index in [-0.39, 0.29) is 11.0 Å². The van der Waals surface area contributed by atoms with E-state index in [2.05, 4.69) is 28.1 Å². The Hall–Kier alpha value is -1.21. The molecule has 0 aliphatic heterocycles. The second-order valence-corrected chi connectivity index (χ2v) is 3.14. The first-order valence-electron chi connectivity index (χ1n) is 2.94. The highest BCUT2D eigenvalue weighted by Crippen LogP contribution is 2.03. The van der Waals surface area contributed by atoms with Gasteiger partial charge < -0.3 is 5.73 Å². The molecule has 1 amide bonds. The Labute approximate surface area is 78.0 Å². The number of thiazole rings is 1. The Bertz CT molecular complexity index is 284. The van der Waals surface area contributed by atoms with Gasteiger partial charge in [0.15, 0.2) is 5.11 Å². The largest absolute Gasteiger partial charge is 0.375 e. The van der Waals surface area contributed by atoms with E-state index in [1.165, 1.54) is 17.5 Å². The maximum absolute atomic E-state index is 11.1. The maximum Gasteiger partial charge on any atom is 0.281 e. The number of nitrogens with one attached hydrogen (secondary N) is 2. The summed E-state index contributed by atoms with van der Waals surface area (Å²) in [4.78, 5) is 15.3. The Kier molecular flexibility index (Phi) is 2.94. The van der Waals surface area contributed by atoms with Gasteiger partial charge in [0.2, 0.25) is 0 Å². The van der Waals surface area contributed by atoms with Gasteiger partial charge in [-0.05, 0) is 12.2 Å². The van der Waals surface area contributed by atoms with Crippen molar-refractivity contribution < 1.29 is 4.79 Å². The number of hydrogen-bond donors (Lipinski definition) is 3. The van der Waals surface area contributed by atoms with Crippen LogP contribution in [0, 0.1) is 0 Å². The highest BCUT2D eigenvalue weighted by molar-refractivity contribution is 7.80. The summed E-state index contributed by atoms with van der Waals surface area (Å²) in [5, 5.41) is 0.0212. The molecule has 7 heteroatoms. The van der Waals surface area contributed by atoms with Crippen LogP contribution in [-0.4, -0.2) is 16.0 Å². The minimum Gasteiger partial charge on any atom is -0.375 e. The normalized spacial score (nSPS) is 9.00. The molecule has 64 valence electrons. The van der Waals surface area contributed by atoms with Crippen molar-refractivity contribution >= 4 is 34.6 Å². The molecular formula is C5H6N4OS2. The molecule has 1 heterocycles. The van der Waals surface area contributed by atoms with E-state index < -0.39 is 0 Å². The van der Waals surface area contributed by atoms with Gasteiger partial charge in [0.1, 0.15) is 4.88 Å². The predicted octanol–water partition coefficient (Wildman–Crippen LogP) is -0.379. The van der Waals surface area contributed by atoms with Crippen molar-refractivity contribution in [2.24, 2.45) is 5.73 Å². The van der Waals surface area contributed by atoms with Crippen LogP contribution in [0.3, 0.4) is 0 Å². The Morgan fingerprint density at radius 3 is 2.92 bits per heavy atom. The average Bonchev–Trinajstić information content (AvgIpc) is 2.51. The van der Waals surface area contributed by atoms with Crippen LogP contribution in [0.4, 0.5) is 0 Å². The van der Waals surface area contributed by atoms with Crippen LogP contribution in [0.25, 0.3) is 0 Å². The van der Waals surface area contributed by atoms with Crippen molar-refractivity contribution in [3.63, 3.8) is 0 Å². The molecule has 0 aliphatic carbocycles. The standard InChI is InChI=1S/C5H6N4OS2/c6-5(11)9-8-4(10)3-1-7-2-12-3/h1-2H,(H,8,10)(H3,6,9,11). The van der Waals surface area contributed by atoms with Gasteiger partial charge in [-0.25, -0.2) is 0 Å². The van der Waals surface area contributed by atoms with Gasteiger partial charge >= 0.3 is 0 Å². The first kappa shape index (κ1) is 8.88. The van der Waals surface area contributed by atoms with Gasteiger partial charge in [-0.1, -0.05) is 0 Å². The average molecular weight is 202 g/mol. The number of aromatic nitrogens is 1. The highest BCUT2D eigenvalue weighted by atomic mass is 32.1. The molecule has 0 unspecified atom stereocenters. The van der Waals surface area contributed by atoms with Crippen LogP contribution in [0.2, 0.25) is 0 Å². The molecule has 1 aromatic heterocycles. The zero-order valence-corrected chi connectivity index (χ0v) is 7.54. The molecule has 0 bridgehead atoms. The van der Waals surface area contributed by atoms with Gasteiger partial charge in [0, 0.05) is 0 Å². The number of carbonyl (C=O) groups excluding carboxylic acids is 1. The van der Waals surface area contributed by atoms with Gasteiger partial charge in [0.25, 0.3) is 5.91 Å². The van der Waals surface area contributed by atoms with Crippen LogP contribution in [0.15, 0.2) is 11.7 Å². The van der Waals surface area contributed by atoms with Crippen LogP contribution < -0.4 is 16.6 Å². The zero-order chi connectivity index (χ0) is 8.97. The lowest BCUT2D eigenvalue weighted by Gasteiger charge is -2.02. The molecule has 0 saturated carbocycles.